The van der Waals surface area contributed by atoms with Gasteiger partial charge in [-0.1, -0.05) is 43.3 Å². The number of carbonyl (C=O) groups is 2. The molecule has 2 aromatic rings. The van der Waals surface area contributed by atoms with Crippen LogP contribution in [-0.4, -0.2) is 30.7 Å². The van der Waals surface area contributed by atoms with Crippen LogP contribution >= 0.6 is 0 Å². The molecule has 6 heteroatoms. The molecule has 2 rings (SSSR count). The average molecular weight is 380 g/mol. The number of ether oxygens (including phenoxy) is 1. The zero-order valence-electron chi connectivity index (χ0n) is 15.9. The third-order valence-corrected chi connectivity index (χ3v) is 3.97. The van der Waals surface area contributed by atoms with E-state index in [1.807, 2.05) is 49.4 Å². The maximum atomic E-state index is 12.7. The van der Waals surface area contributed by atoms with Gasteiger partial charge in [0, 0.05) is 18.2 Å². The molecule has 2 amide bonds. The first-order valence-corrected chi connectivity index (χ1v) is 8.94. The summed E-state index contributed by atoms with van der Waals surface area (Å²) >= 11 is 0. The molecule has 0 spiro atoms. The monoisotopic (exact) mass is 380 g/mol. The molecule has 0 atom stereocenters. The number of nitrogens with one attached hydrogen (secondary N) is 2. The standard InChI is InChI=1S/C22H24N2O4/c1-3-14-23-22(26)20(15-17-6-11-19(28-2)12-7-17)18-9-4-16(5-10-18)8-13-21(25)24-27/h4-13,15,27H,3,14H2,1-2H3,(H,23,26)(H,24,25)/b13-8+,20-15?. The Morgan fingerprint density at radius 1 is 1.04 bits per heavy atom. The topological polar surface area (TPSA) is 87.7 Å². The second-order valence-corrected chi connectivity index (χ2v) is 6.02. The zero-order chi connectivity index (χ0) is 20.4. The van der Waals surface area contributed by atoms with Crippen LogP contribution < -0.4 is 15.5 Å². The van der Waals surface area contributed by atoms with E-state index in [1.54, 1.807) is 25.3 Å². The Balaban J connectivity index is 2.32. The van der Waals surface area contributed by atoms with Gasteiger partial charge in [0.05, 0.1) is 7.11 Å². The van der Waals surface area contributed by atoms with Crippen LogP contribution in [0.2, 0.25) is 0 Å². The molecule has 28 heavy (non-hydrogen) atoms. The van der Waals surface area contributed by atoms with E-state index in [1.165, 1.54) is 11.6 Å². The lowest BCUT2D eigenvalue weighted by molar-refractivity contribution is -0.124. The Morgan fingerprint density at radius 3 is 2.25 bits per heavy atom. The van der Waals surface area contributed by atoms with Gasteiger partial charge in [0.15, 0.2) is 0 Å². The number of hydroxylamine groups is 1. The Morgan fingerprint density at radius 2 is 1.68 bits per heavy atom. The molecule has 0 aromatic heterocycles. The number of hydrogen-bond acceptors (Lipinski definition) is 4. The maximum Gasteiger partial charge on any atom is 0.267 e. The number of rotatable bonds is 8. The van der Waals surface area contributed by atoms with Crippen molar-refractivity contribution in [1.82, 2.24) is 10.8 Å². The van der Waals surface area contributed by atoms with E-state index in [2.05, 4.69) is 5.32 Å². The molecule has 3 N–H and O–H groups in total. The van der Waals surface area contributed by atoms with Gasteiger partial charge in [0.25, 0.3) is 11.8 Å². The van der Waals surface area contributed by atoms with Crippen molar-refractivity contribution in [1.29, 1.82) is 0 Å². The highest BCUT2D eigenvalue weighted by atomic mass is 16.5. The van der Waals surface area contributed by atoms with Crippen LogP contribution in [0.15, 0.2) is 54.6 Å². The number of carbonyl (C=O) groups excluding carboxylic acids is 2. The summed E-state index contributed by atoms with van der Waals surface area (Å²) in [7, 11) is 1.61. The molecule has 0 heterocycles. The van der Waals surface area contributed by atoms with E-state index in [0.29, 0.717) is 12.1 Å². The van der Waals surface area contributed by atoms with Crippen LogP contribution in [0.25, 0.3) is 17.7 Å². The molecule has 0 aliphatic carbocycles. The van der Waals surface area contributed by atoms with Crippen LogP contribution in [0.1, 0.15) is 30.0 Å². The quantitative estimate of drug-likeness (QED) is 0.284. The van der Waals surface area contributed by atoms with Gasteiger partial charge in [0.1, 0.15) is 5.75 Å². The highest BCUT2D eigenvalue weighted by molar-refractivity contribution is 6.24. The molecule has 0 fully saturated rings. The number of hydrogen-bond donors (Lipinski definition) is 3. The molecule has 6 nitrogen and oxygen atoms in total. The SMILES string of the molecule is CCCNC(=O)C(=Cc1ccc(OC)cc1)c1ccc(/C=C/C(=O)NO)cc1. The van der Waals surface area contributed by atoms with Crippen LogP contribution in [0.3, 0.4) is 0 Å². The molecule has 0 bridgehead atoms. The van der Waals surface area contributed by atoms with Crippen LogP contribution in [-0.2, 0) is 9.59 Å². The zero-order valence-corrected chi connectivity index (χ0v) is 15.9. The Labute approximate surface area is 164 Å². The molecule has 146 valence electrons. The van der Waals surface area contributed by atoms with Crippen molar-refractivity contribution < 1.29 is 19.5 Å². The van der Waals surface area contributed by atoms with E-state index in [-0.39, 0.29) is 5.91 Å². The minimum absolute atomic E-state index is 0.152. The van der Waals surface area contributed by atoms with Crippen molar-refractivity contribution in [3.8, 4) is 5.75 Å². The normalized spacial score (nSPS) is 11.3. The predicted octanol–water partition coefficient (Wildman–Crippen LogP) is 3.28. The first kappa shape index (κ1) is 20.9. The van der Waals surface area contributed by atoms with Gasteiger partial charge in [-0.25, -0.2) is 5.48 Å². The summed E-state index contributed by atoms with van der Waals surface area (Å²) in [6.45, 7) is 2.59. The number of methoxy groups -OCH3 is 1. The summed E-state index contributed by atoms with van der Waals surface area (Å²) in [4.78, 5) is 23.8. The summed E-state index contributed by atoms with van der Waals surface area (Å²) in [5.74, 6) is -0.0130. The first-order chi connectivity index (χ1) is 13.6. The Bertz CT molecular complexity index is 853. The highest BCUT2D eigenvalue weighted by Gasteiger charge is 2.12. The smallest absolute Gasteiger partial charge is 0.267 e. The molecular formula is C22H24N2O4. The fraction of sp³-hybridized carbons (Fsp3) is 0.182. The van der Waals surface area contributed by atoms with Crippen LogP contribution in [0.4, 0.5) is 0 Å². The highest BCUT2D eigenvalue weighted by Crippen LogP contribution is 2.21. The van der Waals surface area contributed by atoms with Gasteiger partial charge >= 0.3 is 0 Å². The van der Waals surface area contributed by atoms with Crippen molar-refractivity contribution >= 4 is 29.5 Å². The van der Waals surface area contributed by atoms with Gasteiger partial charge in [-0.2, -0.15) is 0 Å². The molecule has 0 saturated carbocycles. The van der Waals surface area contributed by atoms with Gasteiger partial charge in [-0.05, 0) is 47.4 Å². The lowest BCUT2D eigenvalue weighted by Crippen LogP contribution is -2.24. The second-order valence-electron chi connectivity index (χ2n) is 6.02. The third-order valence-electron chi connectivity index (χ3n) is 3.97. The molecule has 2 aromatic carbocycles. The summed E-state index contributed by atoms with van der Waals surface area (Å²) < 4.78 is 5.17. The molecule has 0 aliphatic heterocycles. The second kappa shape index (κ2) is 10.7. The largest absolute Gasteiger partial charge is 0.497 e. The number of benzene rings is 2. The van der Waals surface area contributed by atoms with E-state index in [4.69, 9.17) is 9.94 Å². The van der Waals surface area contributed by atoms with Crippen LogP contribution in [0.5, 0.6) is 5.75 Å². The van der Waals surface area contributed by atoms with Gasteiger partial charge in [-0.3, -0.25) is 14.8 Å². The maximum absolute atomic E-state index is 12.7. The van der Waals surface area contributed by atoms with Gasteiger partial charge < -0.3 is 10.1 Å². The minimum Gasteiger partial charge on any atom is -0.497 e. The lowest BCUT2D eigenvalue weighted by Gasteiger charge is -2.10. The summed E-state index contributed by atoms with van der Waals surface area (Å²) in [5, 5.41) is 11.4. The van der Waals surface area contributed by atoms with Crippen molar-refractivity contribution in [3.63, 3.8) is 0 Å². The predicted molar refractivity (Wildman–Crippen MR) is 110 cm³/mol. The van der Waals surface area contributed by atoms with Crippen molar-refractivity contribution in [3.05, 3.63) is 71.3 Å². The van der Waals surface area contributed by atoms with E-state index in [0.717, 1.165) is 28.9 Å². The van der Waals surface area contributed by atoms with Crippen molar-refractivity contribution in [2.75, 3.05) is 13.7 Å². The Hall–Kier alpha value is -3.38. The van der Waals surface area contributed by atoms with Crippen molar-refractivity contribution in [2.45, 2.75) is 13.3 Å². The molecule has 0 aliphatic rings. The fourth-order valence-electron chi connectivity index (χ4n) is 2.46. The average Bonchev–Trinajstić information content (AvgIpc) is 2.75. The van der Waals surface area contributed by atoms with E-state index >= 15 is 0 Å². The Kier molecular flexibility index (Phi) is 7.99. The lowest BCUT2D eigenvalue weighted by atomic mass is 10.00. The minimum atomic E-state index is -0.608. The van der Waals surface area contributed by atoms with Gasteiger partial charge in [-0.15, -0.1) is 0 Å². The number of amides is 2. The molecular weight excluding hydrogens is 356 g/mol. The summed E-state index contributed by atoms with van der Waals surface area (Å²) in [6, 6.07) is 14.7. The summed E-state index contributed by atoms with van der Waals surface area (Å²) in [5.41, 5.74) is 4.49. The van der Waals surface area contributed by atoms with E-state index < -0.39 is 5.91 Å². The van der Waals surface area contributed by atoms with E-state index in [9.17, 15) is 9.59 Å². The molecule has 0 saturated heterocycles. The molecule has 0 unspecified atom stereocenters. The summed E-state index contributed by atoms with van der Waals surface area (Å²) in [6.07, 6.45) is 5.46. The first-order valence-electron chi connectivity index (χ1n) is 8.94. The molecule has 0 radical (unpaired) electrons. The third kappa shape index (κ3) is 6.10. The fourth-order valence-corrected chi connectivity index (χ4v) is 2.46. The van der Waals surface area contributed by atoms with Crippen molar-refractivity contribution in [2.24, 2.45) is 0 Å². The van der Waals surface area contributed by atoms with Crippen LogP contribution in [0, 0.1) is 0 Å². The van der Waals surface area contributed by atoms with Gasteiger partial charge in [0.2, 0.25) is 0 Å².